The number of nitrogens with one attached hydrogen (secondary N) is 1. The van der Waals surface area contributed by atoms with Crippen LogP contribution in [-0.2, 0) is 4.79 Å². The van der Waals surface area contributed by atoms with Gasteiger partial charge in [0.15, 0.2) is 0 Å². The van der Waals surface area contributed by atoms with Gasteiger partial charge in [-0.15, -0.1) is 0 Å². The highest BCUT2D eigenvalue weighted by atomic mass is 16.6. The molecule has 152 valence electrons. The number of nitro groups is 1. The van der Waals surface area contributed by atoms with E-state index in [-0.39, 0.29) is 11.6 Å². The van der Waals surface area contributed by atoms with Gasteiger partial charge in [-0.2, -0.15) is 5.26 Å². The van der Waals surface area contributed by atoms with E-state index in [9.17, 15) is 20.2 Å². The van der Waals surface area contributed by atoms with Crippen molar-refractivity contribution in [1.29, 1.82) is 5.26 Å². The van der Waals surface area contributed by atoms with Gasteiger partial charge in [0.05, 0.1) is 22.1 Å². The van der Waals surface area contributed by atoms with Crippen molar-refractivity contribution in [2.45, 2.75) is 33.6 Å². The molecule has 2 aromatic rings. The monoisotopic (exact) mass is 395 g/mol. The average molecular weight is 395 g/mol. The van der Waals surface area contributed by atoms with Gasteiger partial charge in [0, 0.05) is 42.6 Å². The summed E-state index contributed by atoms with van der Waals surface area (Å²) in [6, 6.07) is 8.22. The van der Waals surface area contributed by atoms with E-state index in [1.807, 2.05) is 20.8 Å². The summed E-state index contributed by atoms with van der Waals surface area (Å²) in [5.74, 6) is 1.02. The van der Waals surface area contributed by atoms with E-state index >= 15 is 0 Å². The Morgan fingerprint density at radius 3 is 2.83 bits per heavy atom. The fraction of sp³-hybridized carbons (Fsp3) is 0.476. The predicted molar refractivity (Wildman–Crippen MR) is 111 cm³/mol. The Morgan fingerprint density at radius 1 is 1.41 bits per heavy atom. The Bertz CT molecular complexity index is 990. The summed E-state index contributed by atoms with van der Waals surface area (Å²) >= 11 is 0. The van der Waals surface area contributed by atoms with Gasteiger partial charge in [-0.3, -0.25) is 14.9 Å². The predicted octanol–water partition coefficient (Wildman–Crippen LogP) is 3.39. The molecule has 0 spiro atoms. The smallest absolute Gasteiger partial charge is 0.270 e. The molecule has 8 nitrogen and oxygen atoms in total. The average Bonchev–Trinajstić information content (AvgIpc) is 2.70. The highest BCUT2D eigenvalue weighted by Gasteiger charge is 2.25. The summed E-state index contributed by atoms with van der Waals surface area (Å²) < 4.78 is 0. The van der Waals surface area contributed by atoms with Gasteiger partial charge in [0.2, 0.25) is 5.91 Å². The quantitative estimate of drug-likeness (QED) is 0.627. The van der Waals surface area contributed by atoms with Crippen LogP contribution in [-0.4, -0.2) is 35.4 Å². The lowest BCUT2D eigenvalue weighted by atomic mass is 9.94. The van der Waals surface area contributed by atoms with Crippen LogP contribution in [0.5, 0.6) is 0 Å². The zero-order chi connectivity index (χ0) is 21.2. The van der Waals surface area contributed by atoms with Crippen molar-refractivity contribution in [3.05, 3.63) is 39.9 Å². The fourth-order valence-corrected chi connectivity index (χ4v) is 3.51. The summed E-state index contributed by atoms with van der Waals surface area (Å²) in [5.41, 5.74) is 0.458. The van der Waals surface area contributed by atoms with Crippen LogP contribution in [0.4, 0.5) is 11.5 Å². The first-order valence-electron chi connectivity index (χ1n) is 9.71. The number of carbonyl (C=O) groups is 1. The lowest BCUT2D eigenvalue weighted by Gasteiger charge is -2.34. The van der Waals surface area contributed by atoms with Crippen molar-refractivity contribution in [2.75, 3.05) is 24.5 Å². The number of aromatic nitrogens is 1. The maximum atomic E-state index is 12.1. The minimum absolute atomic E-state index is 0.0341. The van der Waals surface area contributed by atoms with Crippen molar-refractivity contribution in [2.24, 2.45) is 11.3 Å². The Kier molecular flexibility index (Phi) is 5.69. The molecule has 3 rings (SSSR count). The molecule has 8 heteroatoms. The molecule has 1 saturated heterocycles. The van der Waals surface area contributed by atoms with E-state index in [1.165, 1.54) is 12.1 Å². The number of rotatable bonds is 4. The molecular weight excluding hydrogens is 370 g/mol. The summed E-state index contributed by atoms with van der Waals surface area (Å²) in [5, 5.41) is 24.1. The number of pyridine rings is 1. The number of carbonyl (C=O) groups excluding carboxylic acids is 1. The van der Waals surface area contributed by atoms with Crippen molar-refractivity contribution in [1.82, 2.24) is 10.3 Å². The number of hydrogen-bond acceptors (Lipinski definition) is 6. The van der Waals surface area contributed by atoms with Crippen LogP contribution in [0.2, 0.25) is 0 Å². The maximum Gasteiger partial charge on any atom is 0.270 e. The molecule has 29 heavy (non-hydrogen) atoms. The molecule has 0 radical (unpaired) electrons. The molecule has 1 atom stereocenters. The van der Waals surface area contributed by atoms with E-state index in [0.29, 0.717) is 34.7 Å². The van der Waals surface area contributed by atoms with Crippen LogP contribution in [0.25, 0.3) is 10.9 Å². The first kappa shape index (κ1) is 20.5. The summed E-state index contributed by atoms with van der Waals surface area (Å²) in [6.45, 7) is 7.84. The van der Waals surface area contributed by atoms with Gasteiger partial charge in [0.1, 0.15) is 5.82 Å². The van der Waals surface area contributed by atoms with Gasteiger partial charge in [-0.05, 0) is 30.9 Å². The number of fused-ring (bicyclic) bond motifs is 1. The topological polar surface area (TPSA) is 112 Å². The number of amides is 1. The molecule has 0 bridgehead atoms. The number of nitrogens with zero attached hydrogens (tertiary/aromatic N) is 4. The normalized spacial score (nSPS) is 17.0. The largest absolute Gasteiger partial charge is 0.356 e. The number of non-ortho nitro benzene ring substituents is 1. The molecular formula is C21H25N5O3. The highest BCUT2D eigenvalue weighted by molar-refractivity contribution is 5.88. The van der Waals surface area contributed by atoms with Crippen LogP contribution in [0, 0.1) is 32.8 Å². The van der Waals surface area contributed by atoms with Crippen molar-refractivity contribution >= 4 is 28.3 Å². The Morgan fingerprint density at radius 2 is 2.17 bits per heavy atom. The summed E-state index contributed by atoms with van der Waals surface area (Å²) in [4.78, 5) is 29.5. The fourth-order valence-electron chi connectivity index (χ4n) is 3.51. The Hall–Kier alpha value is -3.21. The lowest BCUT2D eigenvalue weighted by molar-refractivity contribution is -0.384. The van der Waals surface area contributed by atoms with E-state index < -0.39 is 10.3 Å². The molecule has 0 saturated carbocycles. The van der Waals surface area contributed by atoms with Crippen molar-refractivity contribution in [3.8, 4) is 6.07 Å². The van der Waals surface area contributed by atoms with Crippen LogP contribution < -0.4 is 10.2 Å². The van der Waals surface area contributed by atoms with E-state index in [2.05, 4.69) is 21.3 Å². The lowest BCUT2D eigenvalue weighted by Crippen LogP contribution is -2.43. The molecule has 0 aliphatic carbocycles. The first-order valence-corrected chi connectivity index (χ1v) is 9.71. The molecule has 1 aromatic heterocycles. The van der Waals surface area contributed by atoms with Crippen LogP contribution in [0.1, 0.15) is 39.2 Å². The summed E-state index contributed by atoms with van der Waals surface area (Å²) in [7, 11) is 0. The third-order valence-corrected chi connectivity index (χ3v) is 5.19. The zero-order valence-corrected chi connectivity index (χ0v) is 16.9. The van der Waals surface area contributed by atoms with Crippen molar-refractivity contribution < 1.29 is 9.72 Å². The van der Waals surface area contributed by atoms with Gasteiger partial charge < -0.3 is 10.2 Å². The third kappa shape index (κ3) is 4.62. The van der Waals surface area contributed by atoms with E-state index in [4.69, 9.17) is 0 Å². The Balaban J connectivity index is 1.81. The molecule has 1 fully saturated rings. The SMILES string of the molecule is CC(C)(C)C(=O)NCC1CCCN(c2cc(C#N)c3cc([N+](=O)[O-])ccc3n2)C1. The molecule has 2 heterocycles. The van der Waals surface area contributed by atoms with Crippen LogP contribution >= 0.6 is 0 Å². The van der Waals surface area contributed by atoms with Gasteiger partial charge >= 0.3 is 0 Å². The van der Waals surface area contributed by atoms with E-state index in [1.54, 1.807) is 12.1 Å². The van der Waals surface area contributed by atoms with Gasteiger partial charge in [-0.1, -0.05) is 20.8 Å². The highest BCUT2D eigenvalue weighted by Crippen LogP contribution is 2.28. The van der Waals surface area contributed by atoms with Crippen LogP contribution in [0.15, 0.2) is 24.3 Å². The molecule has 1 aliphatic rings. The first-order chi connectivity index (χ1) is 13.7. The Labute approximate surface area is 169 Å². The third-order valence-electron chi connectivity index (χ3n) is 5.19. The number of anilines is 1. The zero-order valence-electron chi connectivity index (χ0n) is 16.9. The van der Waals surface area contributed by atoms with Crippen LogP contribution in [0.3, 0.4) is 0 Å². The molecule has 1 amide bonds. The minimum Gasteiger partial charge on any atom is -0.356 e. The molecule has 1 aromatic carbocycles. The standard InChI is InChI=1S/C21H25N5O3/c1-21(2,3)20(27)23-12-14-5-4-8-25(13-14)19-9-15(11-22)17-10-16(26(28)29)6-7-18(17)24-19/h6-7,9-10,14H,4-5,8,12-13H2,1-3H3,(H,23,27). The maximum absolute atomic E-state index is 12.1. The second kappa shape index (κ2) is 8.03. The number of hydrogen-bond donors (Lipinski definition) is 1. The van der Waals surface area contributed by atoms with Gasteiger partial charge in [-0.25, -0.2) is 4.98 Å². The molecule has 1 aliphatic heterocycles. The van der Waals surface area contributed by atoms with E-state index in [0.717, 1.165) is 25.9 Å². The van der Waals surface area contributed by atoms with Gasteiger partial charge in [0.25, 0.3) is 5.69 Å². The van der Waals surface area contributed by atoms with Crippen molar-refractivity contribution in [3.63, 3.8) is 0 Å². The number of piperidine rings is 1. The minimum atomic E-state index is -0.477. The second-order valence-corrected chi connectivity index (χ2v) is 8.51. The molecule has 1 N–H and O–H groups in total. The number of nitro benzene ring substituents is 1. The summed E-state index contributed by atoms with van der Waals surface area (Å²) in [6.07, 6.45) is 1.99. The number of nitriles is 1. The molecule has 1 unspecified atom stereocenters. The second-order valence-electron chi connectivity index (χ2n) is 8.51. The number of benzene rings is 1.